The molecule has 0 fully saturated rings. The van der Waals surface area contributed by atoms with Crippen LogP contribution in [0.3, 0.4) is 0 Å². The Morgan fingerprint density at radius 2 is 1.76 bits per heavy atom. The normalized spacial score (nSPS) is 18.3. The summed E-state index contributed by atoms with van der Waals surface area (Å²) in [4.78, 5) is 15.5. The van der Waals surface area contributed by atoms with Crippen LogP contribution in [-0.4, -0.2) is 5.78 Å². The van der Waals surface area contributed by atoms with Gasteiger partial charge in [0.2, 0.25) is 0 Å². The molecule has 5 rings (SSSR count). The van der Waals surface area contributed by atoms with Crippen LogP contribution >= 0.6 is 31.9 Å². The molecule has 1 unspecified atom stereocenters. The van der Waals surface area contributed by atoms with Crippen molar-refractivity contribution in [2.75, 3.05) is 4.90 Å². The predicted octanol–water partition coefficient (Wildman–Crippen LogP) is 8.49. The number of Topliss-reactive ketones (excluding diaryl/α,β-unsaturated/α-hetero) is 1. The Labute approximate surface area is 256 Å². The van der Waals surface area contributed by atoms with Crippen LogP contribution in [0.2, 0.25) is 0 Å². The van der Waals surface area contributed by atoms with E-state index in [4.69, 9.17) is 10.5 Å². The van der Waals surface area contributed by atoms with Gasteiger partial charge >= 0.3 is 0 Å². The highest BCUT2D eigenvalue weighted by Gasteiger charge is 2.45. The molecule has 0 saturated heterocycles. The SMILES string of the molecule is Cc1cc(COc2ccc(Br)cc2)c(C)c(C2C(C#N)=C(N)N(c3ccc(Br)cc3F)C3=C2C(=O)CC(C)(C)C3)c1. The zero-order valence-corrected chi connectivity index (χ0v) is 26.5. The first-order chi connectivity index (χ1) is 19.4. The first-order valence-electron chi connectivity index (χ1n) is 13.3. The van der Waals surface area contributed by atoms with Crippen molar-refractivity contribution in [2.45, 2.75) is 53.1 Å². The number of hydrogen-bond acceptors (Lipinski definition) is 5. The first kappa shape index (κ1) is 29.1. The van der Waals surface area contributed by atoms with Gasteiger partial charge in [-0.2, -0.15) is 5.26 Å². The van der Waals surface area contributed by atoms with Crippen LogP contribution in [0.25, 0.3) is 0 Å². The Kier molecular flexibility index (Phi) is 7.88. The van der Waals surface area contributed by atoms with E-state index in [0.29, 0.717) is 35.2 Å². The zero-order chi connectivity index (χ0) is 29.6. The molecule has 0 spiro atoms. The number of ketones is 1. The van der Waals surface area contributed by atoms with E-state index in [-0.39, 0.29) is 28.3 Å². The third kappa shape index (κ3) is 5.58. The van der Waals surface area contributed by atoms with E-state index in [1.807, 2.05) is 58.0 Å². The monoisotopic (exact) mass is 677 g/mol. The molecule has 1 aliphatic carbocycles. The van der Waals surface area contributed by atoms with Gasteiger partial charge in [-0.15, -0.1) is 0 Å². The number of ether oxygens (including phenoxy) is 1. The molecule has 210 valence electrons. The molecule has 5 nitrogen and oxygen atoms in total. The predicted molar refractivity (Wildman–Crippen MR) is 166 cm³/mol. The lowest BCUT2D eigenvalue weighted by Gasteiger charge is -2.44. The van der Waals surface area contributed by atoms with Crippen molar-refractivity contribution < 1.29 is 13.9 Å². The summed E-state index contributed by atoms with van der Waals surface area (Å²) in [5.74, 6) is -0.356. The number of allylic oxidation sites excluding steroid dienone is 3. The van der Waals surface area contributed by atoms with Gasteiger partial charge in [0.25, 0.3) is 0 Å². The Hall–Kier alpha value is -3.41. The van der Waals surface area contributed by atoms with Crippen molar-refractivity contribution in [3.8, 4) is 11.8 Å². The Morgan fingerprint density at radius 3 is 2.41 bits per heavy atom. The van der Waals surface area contributed by atoms with E-state index in [1.165, 1.54) is 6.07 Å². The van der Waals surface area contributed by atoms with Crippen LogP contribution in [-0.2, 0) is 11.4 Å². The second-order valence-corrected chi connectivity index (χ2v) is 13.3. The number of carbonyl (C=O) groups is 1. The highest BCUT2D eigenvalue weighted by molar-refractivity contribution is 9.10. The number of rotatable bonds is 5. The van der Waals surface area contributed by atoms with Gasteiger partial charge in [-0.05, 0) is 84.8 Å². The van der Waals surface area contributed by atoms with Gasteiger partial charge in [0.1, 0.15) is 24.0 Å². The summed E-state index contributed by atoms with van der Waals surface area (Å²) in [5.41, 5.74) is 11.6. The van der Waals surface area contributed by atoms with E-state index in [2.05, 4.69) is 44.0 Å². The topological polar surface area (TPSA) is 79.3 Å². The van der Waals surface area contributed by atoms with Gasteiger partial charge in [-0.1, -0.05) is 63.4 Å². The minimum atomic E-state index is -0.667. The van der Waals surface area contributed by atoms with E-state index < -0.39 is 11.7 Å². The summed E-state index contributed by atoms with van der Waals surface area (Å²) in [6.07, 6.45) is 0.825. The molecule has 1 heterocycles. The van der Waals surface area contributed by atoms with Gasteiger partial charge in [0.15, 0.2) is 5.78 Å². The quantitative estimate of drug-likeness (QED) is 0.293. The number of nitrogens with two attached hydrogens (primary N) is 1. The number of halogens is 3. The summed E-state index contributed by atoms with van der Waals surface area (Å²) in [7, 11) is 0. The molecule has 0 radical (unpaired) electrons. The Morgan fingerprint density at radius 1 is 1.07 bits per heavy atom. The van der Waals surface area contributed by atoms with Crippen LogP contribution in [0.15, 0.2) is 86.2 Å². The second kappa shape index (κ2) is 11.1. The van der Waals surface area contributed by atoms with Gasteiger partial charge in [-0.3, -0.25) is 9.69 Å². The molecule has 0 aromatic heterocycles. The minimum absolute atomic E-state index is 0.0578. The maximum Gasteiger partial charge on any atom is 0.162 e. The number of aryl methyl sites for hydroxylation is 1. The number of hydrogen-bond donors (Lipinski definition) is 1. The molecule has 41 heavy (non-hydrogen) atoms. The van der Waals surface area contributed by atoms with E-state index in [1.54, 1.807) is 17.0 Å². The highest BCUT2D eigenvalue weighted by Crippen LogP contribution is 2.51. The van der Waals surface area contributed by atoms with E-state index in [0.717, 1.165) is 32.5 Å². The number of nitriles is 1. The van der Waals surface area contributed by atoms with Crippen LogP contribution < -0.4 is 15.4 Å². The maximum absolute atomic E-state index is 15.4. The molecule has 3 aromatic carbocycles. The fourth-order valence-electron chi connectivity index (χ4n) is 5.86. The molecule has 3 aromatic rings. The standard InChI is InChI=1S/C33H30Br2FN3O2/c1-18-11-20(17-41-23-8-5-21(34)6-9-23)19(2)24(12-18)30-25(16-37)32(38)39(27-10-7-22(35)13-26(27)36)28-14-33(3,4)15-29(40)31(28)30/h5-13,30H,14-15,17,38H2,1-4H3. The van der Waals surface area contributed by atoms with Crippen molar-refractivity contribution >= 4 is 43.3 Å². The maximum atomic E-state index is 15.4. The summed E-state index contributed by atoms with van der Waals surface area (Å²) < 4.78 is 23.0. The minimum Gasteiger partial charge on any atom is -0.489 e. The third-order valence-electron chi connectivity index (χ3n) is 7.75. The number of carbonyl (C=O) groups excluding carboxylic acids is 1. The molecule has 8 heteroatoms. The fourth-order valence-corrected chi connectivity index (χ4v) is 6.46. The van der Waals surface area contributed by atoms with E-state index >= 15 is 4.39 Å². The summed E-state index contributed by atoms with van der Waals surface area (Å²) >= 11 is 6.76. The third-order valence-corrected chi connectivity index (χ3v) is 8.77. The highest BCUT2D eigenvalue weighted by atomic mass is 79.9. The number of anilines is 1. The van der Waals surface area contributed by atoms with Gasteiger partial charge < -0.3 is 10.5 Å². The Balaban J connectivity index is 1.68. The van der Waals surface area contributed by atoms with Gasteiger partial charge in [0.05, 0.1) is 23.2 Å². The van der Waals surface area contributed by atoms with E-state index in [9.17, 15) is 10.1 Å². The molecule has 1 aliphatic heterocycles. The lowest BCUT2D eigenvalue weighted by Crippen LogP contribution is -2.42. The molecule has 0 amide bonds. The molecular formula is C33H30Br2FN3O2. The van der Waals surface area contributed by atoms with Crippen molar-refractivity contribution in [1.82, 2.24) is 0 Å². The van der Waals surface area contributed by atoms with Crippen molar-refractivity contribution in [1.29, 1.82) is 5.26 Å². The largest absolute Gasteiger partial charge is 0.489 e. The zero-order valence-electron chi connectivity index (χ0n) is 23.3. The number of benzene rings is 3. The fraction of sp³-hybridized carbons (Fsp3) is 0.273. The Bertz CT molecular complexity index is 1670. The van der Waals surface area contributed by atoms with Crippen LogP contribution in [0.5, 0.6) is 5.75 Å². The molecule has 0 saturated carbocycles. The van der Waals surface area contributed by atoms with Crippen molar-refractivity contribution in [3.63, 3.8) is 0 Å². The first-order valence-corrected chi connectivity index (χ1v) is 14.9. The molecule has 1 atom stereocenters. The summed E-state index contributed by atoms with van der Waals surface area (Å²) in [6.45, 7) is 8.33. The second-order valence-electron chi connectivity index (χ2n) is 11.5. The number of nitrogens with zero attached hydrogens (tertiary/aromatic N) is 2. The van der Waals surface area contributed by atoms with Crippen LogP contribution in [0.4, 0.5) is 10.1 Å². The summed E-state index contributed by atoms with van der Waals surface area (Å²) in [6, 6.07) is 18.7. The molecular weight excluding hydrogens is 649 g/mol. The average Bonchev–Trinajstić information content (AvgIpc) is 2.89. The summed E-state index contributed by atoms with van der Waals surface area (Å²) in [5, 5.41) is 10.5. The van der Waals surface area contributed by atoms with Crippen molar-refractivity contribution in [2.24, 2.45) is 11.1 Å². The molecule has 0 bridgehead atoms. The smallest absolute Gasteiger partial charge is 0.162 e. The molecule has 2 aliphatic rings. The van der Waals surface area contributed by atoms with Crippen molar-refractivity contribution in [3.05, 3.63) is 114 Å². The lowest BCUT2D eigenvalue weighted by molar-refractivity contribution is -0.118. The average molecular weight is 679 g/mol. The van der Waals surface area contributed by atoms with Gasteiger partial charge in [0, 0.05) is 26.6 Å². The van der Waals surface area contributed by atoms with Crippen LogP contribution in [0.1, 0.15) is 54.9 Å². The lowest BCUT2D eigenvalue weighted by atomic mass is 9.68. The van der Waals surface area contributed by atoms with Crippen LogP contribution in [0, 0.1) is 36.4 Å². The van der Waals surface area contributed by atoms with Gasteiger partial charge in [-0.25, -0.2) is 4.39 Å². The molecule has 2 N–H and O–H groups in total.